The molecule has 0 aliphatic heterocycles. The second-order valence-electron chi connectivity index (χ2n) is 5.06. The molecule has 0 heterocycles. The summed E-state index contributed by atoms with van der Waals surface area (Å²) in [6.45, 7) is 8.06. The number of carboxylic acids is 1. The normalized spacial score (nSPS) is 12.9. The molecule has 0 radical (unpaired) electrons. The monoisotopic (exact) mass is 274 g/mol. The molecule has 114 valence electrons. The lowest BCUT2D eigenvalue weighted by atomic mass is 10.0. The zero-order valence-electron chi connectivity index (χ0n) is 13.1. The summed E-state index contributed by atoms with van der Waals surface area (Å²) in [5.41, 5.74) is 0. The van der Waals surface area contributed by atoms with E-state index in [4.69, 9.17) is 5.11 Å². The molecule has 0 aliphatic rings. The van der Waals surface area contributed by atoms with Crippen LogP contribution >= 0.6 is 0 Å². The number of ether oxygens (including phenoxy) is 1. The van der Waals surface area contributed by atoms with E-state index < -0.39 is 5.97 Å². The van der Waals surface area contributed by atoms with Gasteiger partial charge in [-0.05, 0) is 12.3 Å². The van der Waals surface area contributed by atoms with Gasteiger partial charge in [0.1, 0.15) is 0 Å². The average molecular weight is 274 g/mol. The van der Waals surface area contributed by atoms with Crippen LogP contribution in [0.4, 0.5) is 0 Å². The van der Waals surface area contributed by atoms with Crippen LogP contribution in [0.25, 0.3) is 0 Å². The van der Waals surface area contributed by atoms with Crippen LogP contribution in [-0.4, -0.2) is 24.2 Å². The number of carboxylic acid groups (broad SMARTS) is 1. The van der Waals surface area contributed by atoms with Crippen molar-refractivity contribution >= 4 is 11.9 Å². The van der Waals surface area contributed by atoms with E-state index in [1.165, 1.54) is 7.11 Å². The molecule has 0 rings (SSSR count). The Morgan fingerprint density at radius 2 is 1.68 bits per heavy atom. The first-order chi connectivity index (χ1) is 8.88. The molecule has 4 nitrogen and oxygen atoms in total. The molecule has 0 aliphatic carbocycles. The van der Waals surface area contributed by atoms with Crippen molar-refractivity contribution in [3.8, 4) is 0 Å². The number of methoxy groups -OCH3 is 1. The van der Waals surface area contributed by atoms with Gasteiger partial charge in [0.25, 0.3) is 0 Å². The summed E-state index contributed by atoms with van der Waals surface area (Å²) in [6, 6.07) is 0. The molecule has 0 aromatic carbocycles. The van der Waals surface area contributed by atoms with E-state index in [1.54, 1.807) is 0 Å². The number of carbonyl (C=O) groups excluding carboxylic acids is 1. The van der Waals surface area contributed by atoms with Gasteiger partial charge in [0.05, 0.1) is 13.0 Å². The van der Waals surface area contributed by atoms with Gasteiger partial charge in [-0.2, -0.15) is 0 Å². The maximum Gasteiger partial charge on any atom is 0.308 e. The first kappa shape index (κ1) is 20.3. The second kappa shape index (κ2) is 13.4. The fourth-order valence-corrected chi connectivity index (χ4v) is 1.72. The highest BCUT2D eigenvalue weighted by molar-refractivity contribution is 5.71. The van der Waals surface area contributed by atoms with Crippen molar-refractivity contribution in [2.45, 2.75) is 66.2 Å². The van der Waals surface area contributed by atoms with E-state index in [0.29, 0.717) is 12.3 Å². The van der Waals surface area contributed by atoms with Crippen LogP contribution in [0.5, 0.6) is 0 Å². The highest BCUT2D eigenvalue weighted by atomic mass is 16.5. The van der Waals surface area contributed by atoms with Gasteiger partial charge >= 0.3 is 11.9 Å². The Kier molecular flexibility index (Phi) is 14.3. The third kappa shape index (κ3) is 14.9. The highest BCUT2D eigenvalue weighted by Gasteiger charge is 2.10. The van der Waals surface area contributed by atoms with Crippen molar-refractivity contribution < 1.29 is 19.4 Å². The zero-order valence-corrected chi connectivity index (χ0v) is 13.1. The van der Waals surface area contributed by atoms with Crippen molar-refractivity contribution in [3.63, 3.8) is 0 Å². The maximum absolute atomic E-state index is 10.8. The standard InChI is InChI=1S/C8H16O2.C7H14O2/c1-4-5-6-7(2)8(9)10-3;1-3-4-6(2)5-7(8)9/h7H,4-6H2,1-3H3;6H,3-5H2,1-2H3,(H,8,9). The predicted octanol–water partition coefficient (Wildman–Crippen LogP) is 3.88. The van der Waals surface area contributed by atoms with Gasteiger partial charge in [0, 0.05) is 6.42 Å². The Morgan fingerprint density at radius 1 is 1.11 bits per heavy atom. The van der Waals surface area contributed by atoms with Crippen LogP contribution < -0.4 is 0 Å². The molecular weight excluding hydrogens is 244 g/mol. The molecule has 0 fully saturated rings. The van der Waals surface area contributed by atoms with Gasteiger partial charge in [0.15, 0.2) is 0 Å². The van der Waals surface area contributed by atoms with Crippen molar-refractivity contribution in [3.05, 3.63) is 0 Å². The number of hydrogen-bond acceptors (Lipinski definition) is 3. The van der Waals surface area contributed by atoms with Gasteiger partial charge in [0.2, 0.25) is 0 Å². The van der Waals surface area contributed by atoms with E-state index in [1.807, 2.05) is 13.8 Å². The van der Waals surface area contributed by atoms with E-state index >= 15 is 0 Å². The SMILES string of the molecule is CCCC(C)CC(=O)O.CCCCC(C)C(=O)OC. The summed E-state index contributed by atoms with van der Waals surface area (Å²) in [5, 5.41) is 8.31. The lowest BCUT2D eigenvalue weighted by Gasteiger charge is -2.06. The summed E-state index contributed by atoms with van der Waals surface area (Å²) in [6.07, 6.45) is 5.61. The van der Waals surface area contributed by atoms with Crippen molar-refractivity contribution in [2.75, 3.05) is 7.11 Å². The van der Waals surface area contributed by atoms with Gasteiger partial charge in [-0.1, -0.05) is 53.4 Å². The maximum atomic E-state index is 10.8. The molecule has 0 aromatic heterocycles. The molecule has 0 saturated carbocycles. The van der Waals surface area contributed by atoms with Crippen LogP contribution in [0, 0.1) is 11.8 Å². The summed E-state index contributed by atoms with van der Waals surface area (Å²) >= 11 is 0. The van der Waals surface area contributed by atoms with Crippen LogP contribution in [0.2, 0.25) is 0 Å². The molecule has 4 heteroatoms. The molecule has 1 N–H and O–H groups in total. The van der Waals surface area contributed by atoms with Crippen molar-refractivity contribution in [2.24, 2.45) is 11.8 Å². The first-order valence-corrected chi connectivity index (χ1v) is 7.18. The third-order valence-electron chi connectivity index (χ3n) is 2.90. The molecule has 2 unspecified atom stereocenters. The van der Waals surface area contributed by atoms with Gasteiger partial charge in [-0.15, -0.1) is 0 Å². The van der Waals surface area contributed by atoms with Crippen molar-refractivity contribution in [1.29, 1.82) is 0 Å². The van der Waals surface area contributed by atoms with E-state index in [2.05, 4.69) is 18.6 Å². The van der Waals surface area contributed by atoms with E-state index in [-0.39, 0.29) is 11.9 Å². The van der Waals surface area contributed by atoms with Gasteiger partial charge in [-0.3, -0.25) is 9.59 Å². The van der Waals surface area contributed by atoms with Crippen LogP contribution in [0.1, 0.15) is 66.2 Å². The Morgan fingerprint density at radius 3 is 2.05 bits per heavy atom. The second-order valence-corrected chi connectivity index (χ2v) is 5.06. The molecule has 19 heavy (non-hydrogen) atoms. The predicted molar refractivity (Wildman–Crippen MR) is 77.0 cm³/mol. The topological polar surface area (TPSA) is 63.6 Å². The lowest BCUT2D eigenvalue weighted by molar-refractivity contribution is -0.145. The molecular formula is C15H30O4. The minimum atomic E-state index is -0.684. The fourth-order valence-electron chi connectivity index (χ4n) is 1.72. The zero-order chi connectivity index (χ0) is 15.3. The quantitative estimate of drug-likeness (QED) is 0.682. The molecule has 0 bridgehead atoms. The average Bonchev–Trinajstić information content (AvgIpc) is 2.35. The lowest BCUT2D eigenvalue weighted by Crippen LogP contribution is -2.12. The molecule has 0 saturated heterocycles. The Hall–Kier alpha value is -1.06. The summed E-state index contributed by atoms with van der Waals surface area (Å²) in [7, 11) is 1.44. The minimum absolute atomic E-state index is 0.0740. The van der Waals surface area contributed by atoms with E-state index in [9.17, 15) is 9.59 Å². The minimum Gasteiger partial charge on any atom is -0.481 e. The molecule has 0 spiro atoms. The number of esters is 1. The first-order valence-electron chi connectivity index (χ1n) is 7.18. The number of aliphatic carboxylic acids is 1. The summed E-state index contributed by atoms with van der Waals surface area (Å²) in [5.74, 6) is -0.359. The number of carbonyl (C=O) groups is 2. The Bertz CT molecular complexity index is 238. The van der Waals surface area contributed by atoms with Crippen LogP contribution in [0.3, 0.4) is 0 Å². The van der Waals surface area contributed by atoms with Crippen molar-refractivity contribution in [1.82, 2.24) is 0 Å². The van der Waals surface area contributed by atoms with Gasteiger partial charge < -0.3 is 9.84 Å². The highest BCUT2D eigenvalue weighted by Crippen LogP contribution is 2.09. The number of unbranched alkanes of at least 4 members (excludes halogenated alkanes) is 1. The van der Waals surface area contributed by atoms with Crippen LogP contribution in [-0.2, 0) is 14.3 Å². The molecule has 0 amide bonds. The third-order valence-corrected chi connectivity index (χ3v) is 2.90. The largest absolute Gasteiger partial charge is 0.481 e. The molecule has 0 aromatic rings. The Balaban J connectivity index is 0. The fraction of sp³-hybridized carbons (Fsp3) is 0.867. The molecule has 2 atom stereocenters. The smallest absolute Gasteiger partial charge is 0.308 e. The van der Waals surface area contributed by atoms with E-state index in [0.717, 1.165) is 32.1 Å². The Labute approximate surface area is 117 Å². The summed E-state index contributed by atoms with van der Waals surface area (Å²) in [4.78, 5) is 20.9. The summed E-state index contributed by atoms with van der Waals surface area (Å²) < 4.78 is 4.57. The number of rotatable bonds is 8. The number of hydrogen-bond donors (Lipinski definition) is 1. The van der Waals surface area contributed by atoms with Gasteiger partial charge in [-0.25, -0.2) is 0 Å². The van der Waals surface area contributed by atoms with Crippen LogP contribution in [0.15, 0.2) is 0 Å².